The molecule has 0 unspecified atom stereocenters. The number of hydrogen-bond acceptors (Lipinski definition) is 3. The predicted molar refractivity (Wildman–Crippen MR) is 57.5 cm³/mol. The van der Waals surface area contributed by atoms with Gasteiger partial charge in [0.05, 0.1) is 0 Å². The van der Waals surface area contributed by atoms with E-state index in [1.807, 2.05) is 24.3 Å². The van der Waals surface area contributed by atoms with Crippen molar-refractivity contribution in [1.82, 2.24) is 4.72 Å². The lowest BCUT2D eigenvalue weighted by Crippen LogP contribution is -2.14. The fraction of sp³-hybridized carbons (Fsp3) is 0. The summed E-state index contributed by atoms with van der Waals surface area (Å²) in [5.41, 5.74) is 0. The van der Waals surface area contributed by atoms with Gasteiger partial charge in [-0.05, 0) is 17.5 Å². The van der Waals surface area contributed by atoms with Crippen molar-refractivity contribution in [3.8, 4) is 0 Å². The minimum absolute atomic E-state index is 0.300. The van der Waals surface area contributed by atoms with Crippen LogP contribution in [0, 0.1) is 7.05 Å². The number of sulfonamides is 1. The molecular formula is C9H8NO2S2. The van der Waals surface area contributed by atoms with Gasteiger partial charge in [0.25, 0.3) is 0 Å². The molecule has 0 amide bonds. The lowest BCUT2D eigenvalue weighted by molar-refractivity contribution is 0.592. The highest BCUT2D eigenvalue weighted by Crippen LogP contribution is 2.28. The largest absolute Gasteiger partial charge is 0.250 e. The molecule has 73 valence electrons. The standard InChI is InChI=1S/C9H8NO2S2/c1-10-14(11,12)9-6-7-4-2-3-5-8(7)13-9/h2-6,10H,1H2. The molecule has 0 atom stereocenters. The Labute approximate surface area is 86.4 Å². The maximum atomic E-state index is 11.4. The smallest absolute Gasteiger partial charge is 0.209 e. The van der Waals surface area contributed by atoms with Crippen LogP contribution >= 0.6 is 11.3 Å². The van der Waals surface area contributed by atoms with Gasteiger partial charge in [0.15, 0.2) is 0 Å². The average molecular weight is 226 g/mol. The second-order valence-electron chi connectivity index (χ2n) is 2.75. The zero-order valence-corrected chi connectivity index (χ0v) is 8.86. The Kier molecular flexibility index (Phi) is 2.30. The Balaban J connectivity index is 2.67. The normalized spacial score (nSPS) is 12.1. The van der Waals surface area contributed by atoms with Crippen molar-refractivity contribution >= 4 is 31.4 Å². The lowest BCUT2D eigenvalue weighted by atomic mass is 10.3. The van der Waals surface area contributed by atoms with Crippen molar-refractivity contribution in [3.63, 3.8) is 0 Å². The van der Waals surface area contributed by atoms with Gasteiger partial charge >= 0.3 is 0 Å². The van der Waals surface area contributed by atoms with Gasteiger partial charge in [-0.2, -0.15) is 0 Å². The van der Waals surface area contributed by atoms with E-state index in [1.165, 1.54) is 11.3 Å². The van der Waals surface area contributed by atoms with Crippen molar-refractivity contribution in [1.29, 1.82) is 0 Å². The molecule has 1 heterocycles. The van der Waals surface area contributed by atoms with E-state index in [0.717, 1.165) is 10.1 Å². The quantitative estimate of drug-likeness (QED) is 0.851. The summed E-state index contributed by atoms with van der Waals surface area (Å²) in [6, 6.07) is 9.18. The average Bonchev–Trinajstić information content (AvgIpc) is 2.61. The molecule has 0 aliphatic heterocycles. The molecule has 14 heavy (non-hydrogen) atoms. The van der Waals surface area contributed by atoms with E-state index in [-0.39, 0.29) is 0 Å². The van der Waals surface area contributed by atoms with Gasteiger partial charge in [-0.3, -0.25) is 0 Å². The van der Waals surface area contributed by atoms with E-state index >= 15 is 0 Å². The fourth-order valence-corrected chi connectivity index (χ4v) is 3.26. The molecule has 0 saturated heterocycles. The summed E-state index contributed by atoms with van der Waals surface area (Å²) in [6.45, 7) is 0. The minimum atomic E-state index is -3.40. The van der Waals surface area contributed by atoms with E-state index in [0.29, 0.717) is 4.21 Å². The van der Waals surface area contributed by atoms with Gasteiger partial charge in [-0.1, -0.05) is 18.2 Å². The summed E-state index contributed by atoms with van der Waals surface area (Å²) in [7, 11) is -0.230. The first kappa shape index (κ1) is 9.64. The van der Waals surface area contributed by atoms with Crippen LogP contribution in [0.1, 0.15) is 0 Å². The molecule has 3 nitrogen and oxygen atoms in total. The van der Waals surface area contributed by atoms with Crippen LogP contribution in [0.15, 0.2) is 34.5 Å². The lowest BCUT2D eigenvalue weighted by Gasteiger charge is -1.94. The Bertz CT molecular complexity index is 524. The second kappa shape index (κ2) is 3.34. The van der Waals surface area contributed by atoms with E-state index in [2.05, 4.69) is 11.8 Å². The molecular weight excluding hydrogens is 218 g/mol. The van der Waals surface area contributed by atoms with Gasteiger partial charge in [0.2, 0.25) is 10.0 Å². The summed E-state index contributed by atoms with van der Waals surface area (Å²) in [5, 5.41) is 0.936. The number of hydrogen-bond donors (Lipinski definition) is 1. The van der Waals surface area contributed by atoms with Crippen LogP contribution in [0.4, 0.5) is 0 Å². The van der Waals surface area contributed by atoms with E-state index in [9.17, 15) is 8.42 Å². The topological polar surface area (TPSA) is 46.2 Å². The van der Waals surface area contributed by atoms with Crippen LogP contribution in [0.25, 0.3) is 10.1 Å². The first-order valence-corrected chi connectivity index (χ1v) is 6.21. The van der Waals surface area contributed by atoms with Crippen LogP contribution in [-0.2, 0) is 10.0 Å². The fourth-order valence-electron chi connectivity index (χ4n) is 1.16. The zero-order chi connectivity index (χ0) is 10.2. The second-order valence-corrected chi connectivity index (χ2v) is 5.83. The molecule has 0 fully saturated rings. The SMILES string of the molecule is [CH2]NS(=O)(=O)c1cc2ccccc2s1. The molecule has 0 spiro atoms. The third-order valence-corrected chi connectivity index (χ3v) is 4.70. The van der Waals surface area contributed by atoms with Gasteiger partial charge in [0.1, 0.15) is 4.21 Å². The minimum Gasteiger partial charge on any atom is -0.209 e. The maximum Gasteiger partial charge on any atom is 0.250 e. The molecule has 0 saturated carbocycles. The number of fused-ring (bicyclic) bond motifs is 1. The highest BCUT2D eigenvalue weighted by molar-refractivity contribution is 7.91. The molecule has 2 rings (SSSR count). The van der Waals surface area contributed by atoms with Crippen LogP contribution in [0.3, 0.4) is 0 Å². The maximum absolute atomic E-state index is 11.4. The Morgan fingerprint density at radius 2 is 2.00 bits per heavy atom. The molecule has 0 aliphatic carbocycles. The van der Waals surface area contributed by atoms with Crippen LogP contribution in [0.5, 0.6) is 0 Å². The molecule has 1 N–H and O–H groups in total. The van der Waals surface area contributed by atoms with E-state index < -0.39 is 10.0 Å². The van der Waals surface area contributed by atoms with Crippen molar-refractivity contribution < 1.29 is 8.42 Å². The van der Waals surface area contributed by atoms with Crippen molar-refractivity contribution in [2.75, 3.05) is 0 Å². The summed E-state index contributed by atoms with van der Waals surface area (Å²) in [4.78, 5) is 0. The van der Waals surface area contributed by atoms with Crippen LogP contribution < -0.4 is 4.72 Å². The Morgan fingerprint density at radius 1 is 1.29 bits per heavy atom. The first-order valence-electron chi connectivity index (χ1n) is 3.91. The molecule has 5 heteroatoms. The van der Waals surface area contributed by atoms with Crippen LogP contribution in [-0.4, -0.2) is 8.42 Å². The summed E-state index contributed by atoms with van der Waals surface area (Å²) in [6.07, 6.45) is 0. The molecule has 1 aromatic heterocycles. The van der Waals surface area contributed by atoms with E-state index in [4.69, 9.17) is 0 Å². The molecule has 0 aliphatic rings. The Hall–Kier alpha value is -0.910. The Morgan fingerprint density at radius 3 is 2.64 bits per heavy atom. The molecule has 1 aromatic carbocycles. The third kappa shape index (κ3) is 1.54. The number of nitrogens with one attached hydrogen (secondary N) is 1. The number of benzene rings is 1. The van der Waals surface area contributed by atoms with Gasteiger partial charge in [0, 0.05) is 11.7 Å². The van der Waals surface area contributed by atoms with Crippen molar-refractivity contribution in [2.45, 2.75) is 4.21 Å². The van der Waals surface area contributed by atoms with Gasteiger partial charge in [-0.15, -0.1) is 11.3 Å². The van der Waals surface area contributed by atoms with Gasteiger partial charge in [-0.25, -0.2) is 13.1 Å². The number of rotatable bonds is 2. The highest BCUT2D eigenvalue weighted by atomic mass is 32.2. The van der Waals surface area contributed by atoms with E-state index in [1.54, 1.807) is 6.07 Å². The zero-order valence-electron chi connectivity index (χ0n) is 7.23. The van der Waals surface area contributed by atoms with Crippen molar-refractivity contribution in [3.05, 3.63) is 37.4 Å². The molecule has 2 aromatic rings. The number of thiophene rings is 1. The summed E-state index contributed by atoms with van der Waals surface area (Å²) >= 11 is 1.24. The monoisotopic (exact) mass is 226 g/mol. The third-order valence-electron chi connectivity index (χ3n) is 1.86. The first-order chi connectivity index (χ1) is 6.63. The predicted octanol–water partition coefficient (Wildman–Crippen LogP) is 1.97. The van der Waals surface area contributed by atoms with Crippen LogP contribution in [0.2, 0.25) is 0 Å². The molecule has 1 radical (unpaired) electrons. The molecule has 0 bridgehead atoms. The summed E-state index contributed by atoms with van der Waals surface area (Å²) in [5.74, 6) is 0. The highest BCUT2D eigenvalue weighted by Gasteiger charge is 2.14. The summed E-state index contributed by atoms with van der Waals surface area (Å²) < 4.78 is 26.1. The van der Waals surface area contributed by atoms with Gasteiger partial charge < -0.3 is 0 Å². The van der Waals surface area contributed by atoms with Crippen molar-refractivity contribution in [2.24, 2.45) is 0 Å².